The van der Waals surface area contributed by atoms with Crippen molar-refractivity contribution in [3.63, 3.8) is 0 Å². The van der Waals surface area contributed by atoms with Crippen LogP contribution >= 0.6 is 0 Å². The number of benzene rings is 2. The first-order valence-corrected chi connectivity index (χ1v) is 8.42. The van der Waals surface area contributed by atoms with Crippen molar-refractivity contribution in [2.75, 3.05) is 31.1 Å². The molecule has 0 atom stereocenters. The third-order valence-electron chi connectivity index (χ3n) is 4.77. The van der Waals surface area contributed by atoms with Crippen molar-refractivity contribution in [1.82, 2.24) is 4.90 Å². The van der Waals surface area contributed by atoms with Crippen LogP contribution < -0.4 is 10.3 Å². The average molecular weight is 356 g/mol. The van der Waals surface area contributed by atoms with Gasteiger partial charge in [0.05, 0.1) is 10.8 Å². The standard InChI is InChI=1S/C19H17FN2O4/c20-15-4-1-3-14-17(23)13-6-5-12(11-16(13)26-18(14)15)21-7-2-8-22(10-9-21)19(24)25/h1,3-6,11H,2,7-10H2,(H,24,25). The van der Waals surface area contributed by atoms with E-state index in [2.05, 4.69) is 0 Å². The molecule has 1 saturated heterocycles. The Hall–Kier alpha value is -3.09. The number of carbonyl (C=O) groups is 1. The minimum Gasteiger partial charge on any atom is -0.465 e. The summed E-state index contributed by atoms with van der Waals surface area (Å²) in [7, 11) is 0. The van der Waals surface area contributed by atoms with E-state index in [-0.39, 0.29) is 16.4 Å². The normalized spacial score (nSPS) is 15.4. The summed E-state index contributed by atoms with van der Waals surface area (Å²) in [4.78, 5) is 27.2. The van der Waals surface area contributed by atoms with E-state index in [0.29, 0.717) is 43.6 Å². The molecule has 0 unspecified atom stereocenters. The lowest BCUT2D eigenvalue weighted by molar-refractivity contribution is 0.148. The zero-order chi connectivity index (χ0) is 18.3. The van der Waals surface area contributed by atoms with E-state index in [1.54, 1.807) is 18.2 Å². The second-order valence-corrected chi connectivity index (χ2v) is 6.34. The SMILES string of the molecule is O=C(O)N1CCCN(c2ccc3c(=O)c4cccc(F)c4oc3c2)CC1. The van der Waals surface area contributed by atoms with Crippen LogP contribution in [0.25, 0.3) is 21.9 Å². The number of rotatable bonds is 1. The average Bonchev–Trinajstić information content (AvgIpc) is 2.89. The fourth-order valence-electron chi connectivity index (χ4n) is 3.39. The lowest BCUT2D eigenvalue weighted by atomic mass is 10.1. The molecule has 0 aliphatic carbocycles. The van der Waals surface area contributed by atoms with Crippen molar-refractivity contribution in [2.24, 2.45) is 0 Å². The van der Waals surface area contributed by atoms with E-state index >= 15 is 0 Å². The van der Waals surface area contributed by atoms with Crippen molar-refractivity contribution < 1.29 is 18.7 Å². The second kappa shape index (κ2) is 6.33. The van der Waals surface area contributed by atoms with Gasteiger partial charge < -0.3 is 19.3 Å². The molecule has 0 bridgehead atoms. The van der Waals surface area contributed by atoms with Crippen molar-refractivity contribution in [1.29, 1.82) is 0 Å². The maximum absolute atomic E-state index is 14.0. The maximum Gasteiger partial charge on any atom is 0.407 e. The number of fused-ring (bicyclic) bond motifs is 2. The van der Waals surface area contributed by atoms with Crippen LogP contribution in [0.2, 0.25) is 0 Å². The summed E-state index contributed by atoms with van der Waals surface area (Å²) in [5.74, 6) is -0.571. The van der Waals surface area contributed by atoms with Crippen molar-refractivity contribution in [3.05, 3.63) is 52.4 Å². The molecule has 7 heteroatoms. The van der Waals surface area contributed by atoms with E-state index < -0.39 is 11.9 Å². The van der Waals surface area contributed by atoms with Crippen LogP contribution in [0.4, 0.5) is 14.9 Å². The molecule has 1 amide bonds. The third-order valence-corrected chi connectivity index (χ3v) is 4.77. The van der Waals surface area contributed by atoms with Crippen molar-refractivity contribution >= 4 is 33.7 Å². The van der Waals surface area contributed by atoms with Gasteiger partial charge in [-0.3, -0.25) is 4.79 Å². The van der Waals surface area contributed by atoms with Gasteiger partial charge in [-0.1, -0.05) is 6.07 Å². The van der Waals surface area contributed by atoms with Gasteiger partial charge >= 0.3 is 6.09 Å². The van der Waals surface area contributed by atoms with Crippen LogP contribution in [0, 0.1) is 5.82 Å². The summed E-state index contributed by atoms with van der Waals surface area (Å²) < 4.78 is 19.7. The van der Waals surface area contributed by atoms with E-state index in [9.17, 15) is 14.0 Å². The van der Waals surface area contributed by atoms with Gasteiger partial charge in [-0.05, 0) is 30.7 Å². The monoisotopic (exact) mass is 356 g/mol. The fourth-order valence-corrected chi connectivity index (χ4v) is 3.39. The quantitative estimate of drug-likeness (QED) is 0.678. The molecule has 0 radical (unpaired) electrons. The molecule has 1 aromatic heterocycles. The van der Waals surface area contributed by atoms with Crippen LogP contribution in [0.3, 0.4) is 0 Å². The Balaban J connectivity index is 1.76. The van der Waals surface area contributed by atoms with Gasteiger partial charge in [0.2, 0.25) is 5.43 Å². The number of para-hydroxylation sites is 1. The summed E-state index contributed by atoms with van der Waals surface area (Å²) in [6, 6.07) is 9.52. The maximum atomic E-state index is 14.0. The largest absolute Gasteiger partial charge is 0.465 e. The minimum absolute atomic E-state index is 0.0462. The zero-order valence-electron chi connectivity index (χ0n) is 13.9. The zero-order valence-corrected chi connectivity index (χ0v) is 13.9. The second-order valence-electron chi connectivity index (χ2n) is 6.34. The Morgan fingerprint density at radius 1 is 1.08 bits per heavy atom. The smallest absolute Gasteiger partial charge is 0.407 e. The number of nitrogens with zero attached hydrogens (tertiary/aromatic N) is 2. The number of amides is 1. The van der Waals surface area contributed by atoms with Crippen LogP contribution in [-0.2, 0) is 0 Å². The lowest BCUT2D eigenvalue weighted by Crippen LogP contribution is -2.34. The van der Waals surface area contributed by atoms with Crippen LogP contribution in [-0.4, -0.2) is 42.3 Å². The molecule has 4 rings (SSSR count). The number of halogens is 1. The Morgan fingerprint density at radius 3 is 2.73 bits per heavy atom. The molecule has 2 heterocycles. The topological polar surface area (TPSA) is 74.0 Å². The molecule has 0 saturated carbocycles. The number of anilines is 1. The van der Waals surface area contributed by atoms with Gasteiger partial charge in [-0.2, -0.15) is 0 Å². The molecule has 0 spiro atoms. The Kier molecular flexibility index (Phi) is 3.99. The van der Waals surface area contributed by atoms with E-state index in [1.807, 2.05) is 11.0 Å². The molecule has 6 nitrogen and oxygen atoms in total. The van der Waals surface area contributed by atoms with E-state index in [0.717, 1.165) is 5.69 Å². The van der Waals surface area contributed by atoms with E-state index in [4.69, 9.17) is 9.52 Å². The first kappa shape index (κ1) is 16.4. The summed E-state index contributed by atoms with van der Waals surface area (Å²) in [5, 5.41) is 9.76. The van der Waals surface area contributed by atoms with Crippen molar-refractivity contribution in [2.45, 2.75) is 6.42 Å². The first-order chi connectivity index (χ1) is 12.5. The minimum atomic E-state index is -0.918. The highest BCUT2D eigenvalue weighted by Crippen LogP contribution is 2.25. The van der Waals surface area contributed by atoms with Crippen molar-refractivity contribution in [3.8, 4) is 0 Å². The summed E-state index contributed by atoms with van der Waals surface area (Å²) >= 11 is 0. The molecular formula is C19H17FN2O4. The summed E-state index contributed by atoms with van der Waals surface area (Å²) in [6.45, 7) is 2.14. The van der Waals surface area contributed by atoms with Gasteiger partial charge in [0.1, 0.15) is 5.58 Å². The molecule has 1 N–H and O–H groups in total. The Labute approximate surface area is 148 Å². The predicted molar refractivity (Wildman–Crippen MR) is 96.4 cm³/mol. The number of carboxylic acid groups (broad SMARTS) is 1. The first-order valence-electron chi connectivity index (χ1n) is 8.42. The predicted octanol–water partition coefficient (Wildman–Crippen LogP) is 3.28. The summed E-state index contributed by atoms with van der Waals surface area (Å²) in [6.07, 6.45) is -0.209. The molecule has 1 fully saturated rings. The third kappa shape index (κ3) is 2.75. The number of hydrogen-bond acceptors (Lipinski definition) is 4. The fraction of sp³-hybridized carbons (Fsp3) is 0.263. The highest BCUT2D eigenvalue weighted by molar-refractivity contribution is 5.91. The molecule has 3 aromatic rings. The van der Waals surface area contributed by atoms with Gasteiger partial charge in [-0.25, -0.2) is 9.18 Å². The van der Waals surface area contributed by atoms with Crippen LogP contribution in [0.15, 0.2) is 45.6 Å². The van der Waals surface area contributed by atoms with Gasteiger partial charge in [0.25, 0.3) is 0 Å². The van der Waals surface area contributed by atoms with Crippen LogP contribution in [0.5, 0.6) is 0 Å². The molecular weight excluding hydrogens is 339 g/mol. The molecule has 26 heavy (non-hydrogen) atoms. The Morgan fingerprint density at radius 2 is 1.92 bits per heavy atom. The summed E-state index contributed by atoms with van der Waals surface area (Å²) in [5.41, 5.74) is 0.836. The van der Waals surface area contributed by atoms with Crippen LogP contribution in [0.1, 0.15) is 6.42 Å². The van der Waals surface area contributed by atoms with Gasteiger partial charge in [0, 0.05) is 37.9 Å². The van der Waals surface area contributed by atoms with Gasteiger partial charge in [0.15, 0.2) is 11.4 Å². The molecule has 2 aromatic carbocycles. The molecule has 1 aliphatic heterocycles. The highest BCUT2D eigenvalue weighted by Gasteiger charge is 2.19. The molecule has 1 aliphatic rings. The van der Waals surface area contributed by atoms with Gasteiger partial charge in [-0.15, -0.1) is 0 Å². The lowest BCUT2D eigenvalue weighted by Gasteiger charge is -2.23. The highest BCUT2D eigenvalue weighted by atomic mass is 19.1. The number of hydrogen-bond donors (Lipinski definition) is 1. The Bertz CT molecular complexity index is 1060. The molecule has 134 valence electrons. The van der Waals surface area contributed by atoms with E-state index in [1.165, 1.54) is 17.0 Å².